The Hall–Kier alpha value is -4.43. The lowest BCUT2D eigenvalue weighted by Crippen LogP contribution is -2.35. The van der Waals surface area contributed by atoms with Crippen LogP contribution in [0.25, 0.3) is 22.2 Å². The fourth-order valence-electron chi connectivity index (χ4n) is 3.60. The molecule has 1 amide bonds. The molecule has 4 aromatic rings. The van der Waals surface area contributed by atoms with Crippen molar-refractivity contribution < 1.29 is 27.5 Å². The number of amides is 1. The molecular weight excluding hydrogens is 486 g/mol. The van der Waals surface area contributed by atoms with E-state index < -0.39 is 24.3 Å². The lowest BCUT2D eigenvalue weighted by molar-refractivity contribution is -0.286. The molecular formula is C23H13ClF2N4O5. The Morgan fingerprint density at radius 3 is 2.74 bits per heavy atom. The highest BCUT2D eigenvalue weighted by Gasteiger charge is 2.43. The molecule has 2 aromatic carbocycles. The minimum Gasteiger partial charge on any atom is -0.442 e. The maximum absolute atomic E-state index is 13.3. The number of aromatic nitrogens is 2. The number of alkyl halides is 2. The number of nitrogens with zero attached hydrogens (tertiary/aromatic N) is 4. The Morgan fingerprint density at radius 1 is 1.20 bits per heavy atom. The molecule has 0 aliphatic carbocycles. The monoisotopic (exact) mass is 498 g/mol. The average Bonchev–Trinajstić information content (AvgIpc) is 3.37. The molecule has 0 saturated heterocycles. The van der Waals surface area contributed by atoms with Crippen LogP contribution in [0.15, 0.2) is 57.7 Å². The summed E-state index contributed by atoms with van der Waals surface area (Å²) in [5.41, 5.74) is 0.775. The van der Waals surface area contributed by atoms with Crippen molar-refractivity contribution in [2.75, 3.05) is 11.9 Å². The van der Waals surface area contributed by atoms with E-state index in [-0.39, 0.29) is 39.1 Å². The maximum atomic E-state index is 13.3. The number of anilines is 1. The normalized spacial score (nSPS) is 13.6. The number of carbonyl (C=O) groups is 1. The van der Waals surface area contributed by atoms with Crippen molar-refractivity contribution in [3.05, 3.63) is 69.7 Å². The summed E-state index contributed by atoms with van der Waals surface area (Å²) in [5, 5.41) is 13.6. The van der Waals surface area contributed by atoms with Crippen molar-refractivity contribution in [3.8, 4) is 28.8 Å². The predicted octanol–water partition coefficient (Wildman–Crippen LogP) is 4.17. The highest BCUT2D eigenvalue weighted by molar-refractivity contribution is 6.29. The van der Waals surface area contributed by atoms with E-state index in [0.29, 0.717) is 11.1 Å². The molecule has 0 bridgehead atoms. The van der Waals surface area contributed by atoms with Crippen LogP contribution in [-0.4, -0.2) is 29.0 Å². The summed E-state index contributed by atoms with van der Waals surface area (Å²) in [5.74, 6) is -0.962. The van der Waals surface area contributed by atoms with Gasteiger partial charge in [0.15, 0.2) is 22.3 Å². The lowest BCUT2D eigenvalue weighted by atomic mass is 10.1. The minimum absolute atomic E-state index is 0.0463. The summed E-state index contributed by atoms with van der Waals surface area (Å²) in [6.45, 7) is -0.483. The van der Waals surface area contributed by atoms with Crippen LogP contribution in [0, 0.1) is 11.3 Å². The van der Waals surface area contributed by atoms with Gasteiger partial charge in [-0.1, -0.05) is 12.1 Å². The maximum Gasteiger partial charge on any atom is 0.586 e. The summed E-state index contributed by atoms with van der Waals surface area (Å²) in [6, 6.07) is 13.7. The third-order valence-corrected chi connectivity index (χ3v) is 5.49. The molecule has 0 saturated carbocycles. The van der Waals surface area contributed by atoms with Gasteiger partial charge in [-0.05, 0) is 35.9 Å². The van der Waals surface area contributed by atoms with Gasteiger partial charge in [0.1, 0.15) is 12.2 Å². The van der Waals surface area contributed by atoms with Crippen LogP contribution in [-0.2, 0) is 11.3 Å². The summed E-state index contributed by atoms with van der Waals surface area (Å²) >= 11 is 5.98. The van der Waals surface area contributed by atoms with Crippen LogP contribution in [0.3, 0.4) is 0 Å². The topological polar surface area (TPSA) is 111 Å². The molecule has 1 aliphatic rings. The summed E-state index contributed by atoms with van der Waals surface area (Å²) in [7, 11) is 1.41. The number of carbonyl (C=O) groups excluding carboxylic acids is 1. The molecule has 1 aliphatic heterocycles. The van der Waals surface area contributed by atoms with Crippen LogP contribution >= 0.6 is 11.6 Å². The van der Waals surface area contributed by atoms with Gasteiger partial charge in [0.25, 0.3) is 5.56 Å². The number of furan rings is 1. The van der Waals surface area contributed by atoms with Crippen molar-refractivity contribution in [1.82, 2.24) is 9.78 Å². The number of fused-ring (bicyclic) bond motifs is 2. The zero-order valence-electron chi connectivity index (χ0n) is 17.8. The van der Waals surface area contributed by atoms with E-state index in [0.717, 1.165) is 9.58 Å². The van der Waals surface area contributed by atoms with Crippen molar-refractivity contribution in [2.45, 2.75) is 12.8 Å². The van der Waals surface area contributed by atoms with E-state index in [2.05, 4.69) is 14.6 Å². The highest BCUT2D eigenvalue weighted by Crippen LogP contribution is 2.42. The molecule has 9 nitrogen and oxygen atoms in total. The molecule has 5 rings (SSSR count). The van der Waals surface area contributed by atoms with Crippen molar-refractivity contribution in [3.63, 3.8) is 0 Å². The Labute approximate surface area is 200 Å². The third-order valence-electron chi connectivity index (χ3n) is 5.30. The third kappa shape index (κ3) is 4.04. The smallest absolute Gasteiger partial charge is 0.442 e. The van der Waals surface area contributed by atoms with Gasteiger partial charge >= 0.3 is 6.29 Å². The number of hydrogen-bond acceptors (Lipinski definition) is 7. The second kappa shape index (κ2) is 8.11. The van der Waals surface area contributed by atoms with Gasteiger partial charge in [-0.3, -0.25) is 9.59 Å². The Kier molecular flexibility index (Phi) is 5.18. The predicted molar refractivity (Wildman–Crippen MR) is 119 cm³/mol. The fourth-order valence-corrected chi connectivity index (χ4v) is 3.79. The van der Waals surface area contributed by atoms with Gasteiger partial charge in [0, 0.05) is 30.4 Å². The number of hydrogen-bond donors (Lipinski definition) is 0. The van der Waals surface area contributed by atoms with Gasteiger partial charge in [0.2, 0.25) is 5.91 Å². The van der Waals surface area contributed by atoms with Crippen LogP contribution in [0.1, 0.15) is 5.56 Å². The Bertz CT molecular complexity index is 1610. The minimum atomic E-state index is -3.79. The van der Waals surface area contributed by atoms with Crippen molar-refractivity contribution in [1.29, 1.82) is 5.26 Å². The summed E-state index contributed by atoms with van der Waals surface area (Å²) in [4.78, 5) is 27.2. The zero-order chi connectivity index (χ0) is 24.9. The molecule has 176 valence electrons. The number of nitriles is 1. The van der Waals surface area contributed by atoms with E-state index in [4.69, 9.17) is 16.0 Å². The molecule has 12 heteroatoms. The van der Waals surface area contributed by atoms with Crippen molar-refractivity contribution in [2.24, 2.45) is 0 Å². The first kappa shape index (κ1) is 22.4. The fraction of sp³-hybridized carbons (Fsp3) is 0.130. The molecule has 2 aromatic heterocycles. The Balaban J connectivity index is 1.51. The summed E-state index contributed by atoms with van der Waals surface area (Å²) < 4.78 is 41.8. The van der Waals surface area contributed by atoms with Gasteiger partial charge in [-0.25, -0.2) is 4.68 Å². The quantitative estimate of drug-likeness (QED) is 0.415. The molecule has 3 heterocycles. The van der Waals surface area contributed by atoms with E-state index in [1.165, 1.54) is 31.3 Å². The first-order valence-corrected chi connectivity index (χ1v) is 10.4. The van der Waals surface area contributed by atoms with Crippen molar-refractivity contribution >= 4 is 34.2 Å². The second-order valence-corrected chi connectivity index (χ2v) is 7.92. The van der Waals surface area contributed by atoms with Gasteiger partial charge in [0.05, 0.1) is 17.0 Å². The number of likely N-dealkylation sites (N-methyl/N-ethyl adjacent to an activating group) is 1. The molecule has 0 fully saturated rings. The van der Waals surface area contributed by atoms with E-state index in [1.807, 2.05) is 6.07 Å². The van der Waals surface area contributed by atoms with E-state index in [9.17, 15) is 23.6 Å². The van der Waals surface area contributed by atoms with Crippen LogP contribution in [0.4, 0.5) is 14.5 Å². The molecule has 0 unspecified atom stereocenters. The van der Waals surface area contributed by atoms with Gasteiger partial charge < -0.3 is 18.8 Å². The van der Waals surface area contributed by atoms with Crippen LogP contribution in [0.2, 0.25) is 5.22 Å². The number of rotatable bonds is 4. The van der Waals surface area contributed by atoms with Gasteiger partial charge in [-0.15, -0.1) is 8.78 Å². The van der Waals surface area contributed by atoms with E-state index in [1.54, 1.807) is 24.3 Å². The lowest BCUT2D eigenvalue weighted by Gasteiger charge is -2.18. The number of ether oxygens (including phenoxy) is 2. The van der Waals surface area contributed by atoms with Gasteiger partial charge in [-0.2, -0.15) is 10.4 Å². The molecule has 0 radical (unpaired) electrons. The summed E-state index contributed by atoms with van der Waals surface area (Å²) in [6.07, 6.45) is -3.79. The largest absolute Gasteiger partial charge is 0.586 e. The Morgan fingerprint density at radius 2 is 1.97 bits per heavy atom. The van der Waals surface area contributed by atoms with E-state index >= 15 is 0 Å². The highest BCUT2D eigenvalue weighted by atomic mass is 35.5. The van der Waals surface area contributed by atoms with Crippen LogP contribution < -0.4 is 19.9 Å². The standard InChI is InChI=1S/C23H13ClF2N4O5/c1-29(14-5-6-16-17(8-14)35-23(25,26)34-16)19(31)11-30-22(32)15-9-18(24)33-21(15)20(28-30)13-4-2-3-12(7-13)10-27/h2-9H,11H2,1H3. The van der Waals surface area contributed by atoms with Crippen LogP contribution in [0.5, 0.6) is 11.5 Å². The SMILES string of the molecule is CN(C(=O)Cn1nc(-c2cccc(C#N)c2)c2oc(Cl)cc2c1=O)c1ccc2c(c1)OC(F)(F)O2. The number of halogens is 3. The number of benzene rings is 2. The molecule has 0 atom stereocenters. The second-order valence-electron chi connectivity index (χ2n) is 7.55. The average molecular weight is 499 g/mol. The molecule has 0 spiro atoms. The first-order valence-electron chi connectivity index (χ1n) is 10.0. The zero-order valence-corrected chi connectivity index (χ0v) is 18.5. The molecule has 35 heavy (non-hydrogen) atoms. The first-order chi connectivity index (χ1) is 16.6. The molecule has 0 N–H and O–H groups in total.